The molecule has 0 saturated carbocycles. The molecule has 0 radical (unpaired) electrons. The third kappa shape index (κ3) is 3.68. The van der Waals surface area contributed by atoms with Crippen LogP contribution in [0.15, 0.2) is 28.0 Å². The number of guanidine groups is 1. The molecule has 1 unspecified atom stereocenters. The lowest BCUT2D eigenvalue weighted by Crippen LogP contribution is -2.47. The molecule has 2 heterocycles. The lowest BCUT2D eigenvalue weighted by Gasteiger charge is -2.23. The Hall–Kier alpha value is -1.14. The summed E-state index contributed by atoms with van der Waals surface area (Å²) in [4.78, 5) is 4.13. The Morgan fingerprint density at radius 1 is 1.61 bits per heavy atom. The van der Waals surface area contributed by atoms with E-state index in [0.29, 0.717) is 19.0 Å². The lowest BCUT2D eigenvalue weighted by molar-refractivity contribution is 0.0724. The summed E-state index contributed by atoms with van der Waals surface area (Å²) in [6.45, 7) is 1.19. The van der Waals surface area contributed by atoms with Crippen LogP contribution >= 0.6 is 11.8 Å². The van der Waals surface area contributed by atoms with Crippen molar-refractivity contribution in [3.8, 4) is 0 Å². The molecule has 1 aromatic heterocycles. The topological polar surface area (TPSA) is 69.8 Å². The molecule has 0 amide bonds. The van der Waals surface area contributed by atoms with Crippen molar-refractivity contribution in [2.75, 3.05) is 25.1 Å². The second kappa shape index (κ2) is 6.15. The summed E-state index contributed by atoms with van der Waals surface area (Å²) in [5, 5.41) is 16.5. The van der Waals surface area contributed by atoms with Crippen LogP contribution in [0.5, 0.6) is 0 Å². The van der Waals surface area contributed by atoms with Crippen molar-refractivity contribution in [2.24, 2.45) is 4.99 Å². The molecule has 1 saturated heterocycles. The first-order valence-electron chi connectivity index (χ1n) is 5.98. The van der Waals surface area contributed by atoms with E-state index in [9.17, 15) is 5.11 Å². The Bertz CT molecular complexity index is 386. The fourth-order valence-electron chi connectivity index (χ4n) is 1.78. The first-order valence-corrected chi connectivity index (χ1v) is 7.13. The van der Waals surface area contributed by atoms with Gasteiger partial charge in [0.25, 0.3) is 0 Å². The van der Waals surface area contributed by atoms with Gasteiger partial charge in [0.1, 0.15) is 0 Å². The molecule has 1 aromatic rings. The highest BCUT2D eigenvalue weighted by Crippen LogP contribution is 2.26. The molecule has 0 spiro atoms. The number of thioether (sulfide) groups is 1. The van der Waals surface area contributed by atoms with Gasteiger partial charge in [0.2, 0.25) is 0 Å². The summed E-state index contributed by atoms with van der Waals surface area (Å²) in [7, 11) is 1.72. The van der Waals surface area contributed by atoms with Gasteiger partial charge >= 0.3 is 0 Å². The van der Waals surface area contributed by atoms with E-state index in [1.807, 2.05) is 6.07 Å². The van der Waals surface area contributed by atoms with E-state index in [4.69, 9.17) is 4.42 Å². The minimum Gasteiger partial charge on any atom is -0.472 e. The first-order chi connectivity index (χ1) is 8.72. The molecule has 1 aliphatic heterocycles. The summed E-state index contributed by atoms with van der Waals surface area (Å²) in [6, 6.07) is 1.90. The third-order valence-corrected chi connectivity index (χ3v) is 4.17. The Balaban J connectivity index is 1.75. The predicted octanol–water partition coefficient (Wildman–Crippen LogP) is 0.813. The van der Waals surface area contributed by atoms with Gasteiger partial charge in [0, 0.05) is 31.5 Å². The average Bonchev–Trinajstić information content (AvgIpc) is 3.01. The Kier molecular flexibility index (Phi) is 4.54. The van der Waals surface area contributed by atoms with Crippen LogP contribution in [-0.2, 0) is 6.54 Å². The molecule has 3 N–H and O–H groups in total. The Labute approximate surface area is 111 Å². The van der Waals surface area contributed by atoms with E-state index < -0.39 is 5.60 Å². The molecule has 2 rings (SSSR count). The van der Waals surface area contributed by atoms with Crippen molar-refractivity contribution in [1.29, 1.82) is 0 Å². The minimum absolute atomic E-state index is 0.533. The van der Waals surface area contributed by atoms with Crippen LogP contribution in [0.4, 0.5) is 0 Å². The van der Waals surface area contributed by atoms with Gasteiger partial charge in [-0.15, -0.1) is 0 Å². The molecule has 18 heavy (non-hydrogen) atoms. The molecule has 0 aliphatic carbocycles. The largest absolute Gasteiger partial charge is 0.472 e. The monoisotopic (exact) mass is 269 g/mol. The molecular weight excluding hydrogens is 250 g/mol. The Morgan fingerprint density at radius 3 is 3.11 bits per heavy atom. The summed E-state index contributed by atoms with van der Waals surface area (Å²) >= 11 is 1.79. The normalized spacial score (nSPS) is 24.2. The highest BCUT2D eigenvalue weighted by Gasteiger charge is 2.31. The summed E-state index contributed by atoms with van der Waals surface area (Å²) in [5.41, 5.74) is 0.464. The molecule has 5 nitrogen and oxygen atoms in total. The van der Waals surface area contributed by atoms with Crippen molar-refractivity contribution in [1.82, 2.24) is 10.6 Å². The fourth-order valence-corrected chi connectivity index (χ4v) is 3.08. The molecule has 1 atom stereocenters. The maximum Gasteiger partial charge on any atom is 0.191 e. The highest BCUT2D eigenvalue weighted by atomic mass is 32.2. The maximum absolute atomic E-state index is 10.2. The van der Waals surface area contributed by atoms with Crippen LogP contribution < -0.4 is 10.6 Å². The number of nitrogens with one attached hydrogen (secondary N) is 2. The van der Waals surface area contributed by atoms with Gasteiger partial charge in [-0.25, -0.2) is 0 Å². The average molecular weight is 269 g/mol. The van der Waals surface area contributed by atoms with Gasteiger partial charge in [-0.05, 0) is 18.2 Å². The van der Waals surface area contributed by atoms with E-state index in [-0.39, 0.29) is 0 Å². The van der Waals surface area contributed by atoms with E-state index in [2.05, 4.69) is 15.6 Å². The zero-order chi connectivity index (χ0) is 12.8. The number of furan rings is 1. The standard InChI is InChI=1S/C12H19N3O2S/c1-13-11(14-6-10-2-4-17-7-10)15-8-12(16)3-5-18-9-12/h2,4,7,16H,3,5-6,8-9H2,1H3,(H2,13,14,15). The second-order valence-electron chi connectivity index (χ2n) is 4.44. The highest BCUT2D eigenvalue weighted by molar-refractivity contribution is 7.99. The SMILES string of the molecule is CN=C(NCc1ccoc1)NCC1(O)CCSC1. The number of hydrogen-bond acceptors (Lipinski definition) is 4. The molecule has 100 valence electrons. The third-order valence-electron chi connectivity index (χ3n) is 2.93. The number of rotatable bonds is 4. The predicted molar refractivity (Wildman–Crippen MR) is 73.8 cm³/mol. The van der Waals surface area contributed by atoms with Crippen molar-refractivity contribution in [3.05, 3.63) is 24.2 Å². The Morgan fingerprint density at radius 2 is 2.50 bits per heavy atom. The zero-order valence-electron chi connectivity index (χ0n) is 10.5. The van der Waals surface area contributed by atoms with Gasteiger partial charge in [-0.2, -0.15) is 11.8 Å². The molecule has 1 fully saturated rings. The first kappa shape index (κ1) is 13.3. The summed E-state index contributed by atoms with van der Waals surface area (Å²) < 4.78 is 4.99. The second-order valence-corrected chi connectivity index (χ2v) is 5.54. The summed E-state index contributed by atoms with van der Waals surface area (Å²) in [6.07, 6.45) is 4.18. The molecule has 6 heteroatoms. The van der Waals surface area contributed by atoms with Crippen LogP contribution in [0.3, 0.4) is 0 Å². The maximum atomic E-state index is 10.2. The molecule has 0 bridgehead atoms. The van der Waals surface area contributed by atoms with Crippen LogP contribution in [-0.4, -0.2) is 41.8 Å². The summed E-state index contributed by atoms with van der Waals surface area (Å²) in [5.74, 6) is 2.51. The van der Waals surface area contributed by atoms with Gasteiger partial charge in [-0.3, -0.25) is 4.99 Å². The van der Waals surface area contributed by atoms with Crippen molar-refractivity contribution in [3.63, 3.8) is 0 Å². The van der Waals surface area contributed by atoms with Crippen molar-refractivity contribution < 1.29 is 9.52 Å². The molecule has 0 aromatic carbocycles. The van der Waals surface area contributed by atoms with E-state index in [0.717, 1.165) is 23.5 Å². The molecule has 1 aliphatic rings. The number of aliphatic hydroxyl groups is 1. The van der Waals surface area contributed by atoms with Crippen LogP contribution in [0.25, 0.3) is 0 Å². The quantitative estimate of drug-likeness (QED) is 0.557. The van der Waals surface area contributed by atoms with E-state index >= 15 is 0 Å². The van der Waals surface area contributed by atoms with E-state index in [1.54, 1.807) is 31.3 Å². The van der Waals surface area contributed by atoms with Crippen LogP contribution in [0.1, 0.15) is 12.0 Å². The van der Waals surface area contributed by atoms with Crippen molar-refractivity contribution in [2.45, 2.75) is 18.6 Å². The number of nitrogens with zero attached hydrogens (tertiary/aromatic N) is 1. The van der Waals surface area contributed by atoms with E-state index in [1.165, 1.54) is 0 Å². The lowest BCUT2D eigenvalue weighted by atomic mass is 10.0. The van der Waals surface area contributed by atoms with Crippen LogP contribution in [0, 0.1) is 0 Å². The van der Waals surface area contributed by atoms with Crippen molar-refractivity contribution >= 4 is 17.7 Å². The van der Waals surface area contributed by atoms with Gasteiger partial charge in [0.15, 0.2) is 5.96 Å². The smallest absolute Gasteiger partial charge is 0.191 e. The number of aliphatic imine (C=N–C) groups is 1. The zero-order valence-corrected chi connectivity index (χ0v) is 11.3. The van der Waals surface area contributed by atoms with Gasteiger partial charge in [0.05, 0.1) is 18.1 Å². The molecular formula is C12H19N3O2S. The van der Waals surface area contributed by atoms with Gasteiger partial charge in [-0.1, -0.05) is 0 Å². The minimum atomic E-state index is -0.599. The van der Waals surface area contributed by atoms with Gasteiger partial charge < -0.3 is 20.2 Å². The van der Waals surface area contributed by atoms with Crippen LogP contribution in [0.2, 0.25) is 0 Å². The fraction of sp³-hybridized carbons (Fsp3) is 0.583. The number of hydrogen-bond donors (Lipinski definition) is 3.